The van der Waals surface area contributed by atoms with Crippen LogP contribution in [-0.4, -0.2) is 0 Å². The monoisotopic (exact) mass is 478 g/mol. The van der Waals surface area contributed by atoms with Gasteiger partial charge in [-0.2, -0.15) is 0 Å². The van der Waals surface area contributed by atoms with Gasteiger partial charge in [-0.3, -0.25) is 0 Å². The number of rotatable bonds is 2. The molecule has 0 aromatic heterocycles. The molecule has 0 aliphatic heterocycles. The van der Waals surface area contributed by atoms with E-state index in [1.807, 2.05) is 36.4 Å². The van der Waals surface area contributed by atoms with Crippen molar-refractivity contribution in [3.8, 4) is 0 Å². The molecule has 0 aliphatic rings. The first-order chi connectivity index (χ1) is 16.4. The lowest BCUT2D eigenvalue weighted by atomic mass is 10.1. The molecule has 0 amide bonds. The molecule has 0 nitrogen and oxygen atoms in total. The van der Waals surface area contributed by atoms with Crippen LogP contribution in [-0.2, 0) is 6.42 Å². The second-order valence-corrected chi connectivity index (χ2v) is 11.2. The highest BCUT2D eigenvalue weighted by atomic mass is 14.0. The molecule has 0 fully saturated rings. The predicted molar refractivity (Wildman–Crippen MR) is 164 cm³/mol. The van der Waals surface area contributed by atoms with E-state index in [1.54, 1.807) is 0 Å². The van der Waals surface area contributed by atoms with E-state index < -0.39 is 0 Å². The van der Waals surface area contributed by atoms with Gasteiger partial charge in [0.25, 0.3) is 0 Å². The molecular weight excluding hydrogens is 420 g/mol. The van der Waals surface area contributed by atoms with Crippen molar-refractivity contribution in [2.45, 2.75) is 89.5 Å². The van der Waals surface area contributed by atoms with Gasteiger partial charge in [0.1, 0.15) is 0 Å². The molecule has 0 aliphatic carbocycles. The molecule has 0 heteroatoms. The van der Waals surface area contributed by atoms with Gasteiger partial charge >= 0.3 is 0 Å². The highest BCUT2D eigenvalue weighted by Crippen LogP contribution is 2.07. The fraction of sp³-hybridized carbons (Fsp3) is 0.486. The third kappa shape index (κ3) is 49.8. The van der Waals surface area contributed by atoms with Gasteiger partial charge < -0.3 is 0 Å². The summed E-state index contributed by atoms with van der Waals surface area (Å²) in [6.45, 7) is 26.0. The molecule has 0 radical (unpaired) electrons. The zero-order valence-electron chi connectivity index (χ0n) is 25.3. The van der Waals surface area contributed by atoms with Crippen LogP contribution < -0.4 is 0 Å². The normalized spacial score (nSPS) is 9.14. The second-order valence-electron chi connectivity index (χ2n) is 11.2. The first-order valence-corrected chi connectivity index (χ1v) is 13.5. The Labute approximate surface area is 221 Å². The van der Waals surface area contributed by atoms with E-state index >= 15 is 0 Å². The summed E-state index contributed by atoms with van der Waals surface area (Å²) in [5.41, 5.74) is 2.74. The molecule has 0 saturated heterocycles. The molecule has 0 N–H and O–H groups in total. The summed E-state index contributed by atoms with van der Waals surface area (Å²) < 4.78 is 0. The van der Waals surface area contributed by atoms with E-state index in [4.69, 9.17) is 0 Å². The minimum atomic E-state index is 0.833. The molecule has 0 unspecified atom stereocenters. The molecule has 0 saturated carbocycles. The fourth-order valence-corrected chi connectivity index (χ4v) is 1.81. The minimum Gasteiger partial charge on any atom is -0.0630 e. The fourth-order valence-electron chi connectivity index (χ4n) is 1.81. The Bertz CT molecular complexity index is 611. The molecule has 3 rings (SSSR count). The van der Waals surface area contributed by atoms with Crippen LogP contribution >= 0.6 is 0 Å². The Morgan fingerprint density at radius 3 is 0.629 bits per heavy atom. The van der Waals surface area contributed by atoms with E-state index in [0.717, 1.165) is 30.1 Å². The lowest BCUT2D eigenvalue weighted by molar-refractivity contribution is 0.736. The van der Waals surface area contributed by atoms with E-state index in [0.29, 0.717) is 0 Å². The molecule has 0 heterocycles. The highest BCUT2D eigenvalue weighted by molar-refractivity contribution is 5.25. The van der Waals surface area contributed by atoms with Crippen molar-refractivity contribution in [2.75, 3.05) is 0 Å². The van der Waals surface area contributed by atoms with Crippen LogP contribution in [0.15, 0.2) is 97.1 Å². The summed E-state index contributed by atoms with van der Waals surface area (Å²) in [5.74, 6) is 3.33. The molecule has 35 heavy (non-hydrogen) atoms. The van der Waals surface area contributed by atoms with Crippen molar-refractivity contribution in [3.63, 3.8) is 0 Å². The summed E-state index contributed by atoms with van der Waals surface area (Å²) in [6.07, 6.45) is 1.03. The van der Waals surface area contributed by atoms with Gasteiger partial charge in [-0.05, 0) is 41.2 Å². The molecular formula is C35H58. The zero-order chi connectivity index (χ0) is 27.5. The second kappa shape index (κ2) is 27.9. The maximum Gasteiger partial charge on any atom is -0.00258 e. The summed E-state index contributed by atoms with van der Waals surface area (Å²) in [5, 5.41) is 0. The van der Waals surface area contributed by atoms with Crippen LogP contribution in [0.2, 0.25) is 0 Å². The van der Waals surface area contributed by atoms with Gasteiger partial charge in [0, 0.05) is 0 Å². The van der Waals surface area contributed by atoms with Crippen molar-refractivity contribution in [1.82, 2.24) is 0 Å². The maximum absolute atomic E-state index is 2.17. The SMILES string of the molecule is CC(C)C.CC(C)C.CC(C)C.CC(C)C.c1ccc(Cc2ccccc2)cc1.c1ccccc1. The zero-order valence-corrected chi connectivity index (χ0v) is 25.3. The Balaban J connectivity index is -0.000000394. The molecule has 0 bridgehead atoms. The Hall–Kier alpha value is -2.34. The topological polar surface area (TPSA) is 0 Å². The average molecular weight is 479 g/mol. The Morgan fingerprint density at radius 2 is 0.457 bits per heavy atom. The lowest BCUT2D eigenvalue weighted by Crippen LogP contribution is -1.85. The van der Waals surface area contributed by atoms with E-state index in [1.165, 1.54) is 11.1 Å². The summed E-state index contributed by atoms with van der Waals surface area (Å²) >= 11 is 0. The van der Waals surface area contributed by atoms with Gasteiger partial charge in [-0.1, -0.05) is 180 Å². The average Bonchev–Trinajstić information content (AvgIpc) is 2.75. The molecule has 0 spiro atoms. The Morgan fingerprint density at radius 1 is 0.314 bits per heavy atom. The Kier molecular flexibility index (Phi) is 29.7. The maximum atomic E-state index is 2.17. The van der Waals surface area contributed by atoms with Crippen molar-refractivity contribution in [2.24, 2.45) is 23.7 Å². The minimum absolute atomic E-state index is 0.833. The third-order valence-corrected chi connectivity index (χ3v) is 2.76. The van der Waals surface area contributed by atoms with E-state index in [9.17, 15) is 0 Å². The quantitative estimate of drug-likeness (QED) is 0.343. The van der Waals surface area contributed by atoms with E-state index in [-0.39, 0.29) is 0 Å². The number of hydrogen-bond donors (Lipinski definition) is 0. The summed E-state index contributed by atoms with van der Waals surface area (Å²) in [4.78, 5) is 0. The number of hydrogen-bond acceptors (Lipinski definition) is 0. The van der Waals surface area contributed by atoms with Gasteiger partial charge in [-0.15, -0.1) is 0 Å². The van der Waals surface area contributed by atoms with Crippen molar-refractivity contribution < 1.29 is 0 Å². The predicted octanol–water partition coefficient (Wildman–Crippen LogP) is 11.6. The van der Waals surface area contributed by atoms with Crippen molar-refractivity contribution >= 4 is 0 Å². The van der Waals surface area contributed by atoms with Crippen molar-refractivity contribution in [3.05, 3.63) is 108 Å². The van der Waals surface area contributed by atoms with Gasteiger partial charge in [-0.25, -0.2) is 0 Å². The van der Waals surface area contributed by atoms with Gasteiger partial charge in [0.05, 0.1) is 0 Å². The van der Waals surface area contributed by atoms with Crippen LogP contribution in [0.1, 0.15) is 94.2 Å². The van der Waals surface area contributed by atoms with Gasteiger partial charge in [0.15, 0.2) is 0 Å². The summed E-state index contributed by atoms with van der Waals surface area (Å²) in [6, 6.07) is 33.1. The number of benzene rings is 3. The first-order valence-electron chi connectivity index (χ1n) is 13.5. The van der Waals surface area contributed by atoms with Crippen LogP contribution in [0.3, 0.4) is 0 Å². The van der Waals surface area contributed by atoms with Gasteiger partial charge in [0.2, 0.25) is 0 Å². The van der Waals surface area contributed by atoms with Crippen LogP contribution in [0.5, 0.6) is 0 Å². The molecule has 3 aromatic carbocycles. The lowest BCUT2D eigenvalue weighted by Gasteiger charge is -2.00. The molecule has 0 atom stereocenters. The largest absolute Gasteiger partial charge is 0.0630 e. The van der Waals surface area contributed by atoms with E-state index in [2.05, 4.69) is 144 Å². The third-order valence-electron chi connectivity index (χ3n) is 2.76. The molecule has 198 valence electrons. The van der Waals surface area contributed by atoms with Crippen LogP contribution in [0, 0.1) is 23.7 Å². The van der Waals surface area contributed by atoms with Crippen LogP contribution in [0.25, 0.3) is 0 Å². The van der Waals surface area contributed by atoms with Crippen molar-refractivity contribution in [1.29, 1.82) is 0 Å². The smallest absolute Gasteiger partial charge is 0.00258 e. The molecule has 3 aromatic rings. The van der Waals surface area contributed by atoms with Crippen LogP contribution in [0.4, 0.5) is 0 Å². The summed E-state index contributed by atoms with van der Waals surface area (Å²) in [7, 11) is 0. The highest BCUT2D eigenvalue weighted by Gasteiger charge is 1.92. The standard InChI is InChI=1S/C13H12.C6H6.4C4H10/c1-3-7-12(8-4-1)11-13-9-5-2-6-10-13;1-2-4-6-5-3-1;4*1-4(2)3/h1-10H,11H2;1-6H;4*4H,1-3H3. The first kappa shape index (κ1) is 37.2.